The largest absolute Gasteiger partial charge is 0.106 e. The van der Waals surface area contributed by atoms with E-state index in [0.29, 0.717) is 0 Å². The summed E-state index contributed by atoms with van der Waals surface area (Å²) in [5.41, 5.74) is 0. The van der Waals surface area contributed by atoms with E-state index in [9.17, 15) is 0 Å². The van der Waals surface area contributed by atoms with Crippen molar-refractivity contribution in [3.63, 3.8) is 0 Å². The Labute approximate surface area is 40.0 Å². The molecular weight excluding hydrogens is 70.9 g/mol. The first kappa shape index (κ1) is 5.54. The highest BCUT2D eigenvalue weighted by molar-refractivity contribution is 6.09. The van der Waals surface area contributed by atoms with E-state index in [4.69, 9.17) is 0 Å². The fourth-order valence-corrected chi connectivity index (χ4v) is 0.232. The van der Waals surface area contributed by atoms with Gasteiger partial charge in [-0.05, 0) is 0 Å². The van der Waals surface area contributed by atoms with Crippen molar-refractivity contribution < 1.29 is 0 Å². The summed E-state index contributed by atoms with van der Waals surface area (Å²) in [6.07, 6.45) is 6.89. The third kappa shape index (κ3) is 3.54. The van der Waals surface area contributed by atoms with Gasteiger partial charge in [-0.15, -0.1) is 0 Å². The molecule has 32 valence electrons. The van der Waals surface area contributed by atoms with Crippen LogP contribution in [0.1, 0.15) is 0 Å². The van der Waals surface area contributed by atoms with Gasteiger partial charge in [0.1, 0.15) is 7.85 Å². The third-order valence-corrected chi connectivity index (χ3v) is 0.508. The summed E-state index contributed by atoms with van der Waals surface area (Å²) >= 11 is 0. The van der Waals surface area contributed by atoms with Gasteiger partial charge in [0.15, 0.2) is 0 Å². The van der Waals surface area contributed by atoms with Gasteiger partial charge in [0.2, 0.25) is 0 Å². The van der Waals surface area contributed by atoms with Crippen LogP contribution in [-0.2, 0) is 0 Å². The molecule has 0 aromatic heterocycles. The minimum atomic E-state index is 1.10. The van der Waals surface area contributed by atoms with Crippen molar-refractivity contribution in [3.05, 3.63) is 24.8 Å². The van der Waals surface area contributed by atoms with Gasteiger partial charge in [-0.3, -0.25) is 0 Å². The standard InChI is InChI=1S/C5H9B/c1-2-3-4-5-6/h2-4H,1,5-6H2/b4-3+. The van der Waals surface area contributed by atoms with Gasteiger partial charge in [-0.2, -0.15) is 0 Å². The minimum absolute atomic E-state index is 1.10. The fraction of sp³-hybridized carbons (Fsp3) is 0.200. The maximum Gasteiger partial charge on any atom is 0.106 e. The summed E-state index contributed by atoms with van der Waals surface area (Å²) in [4.78, 5) is 0. The van der Waals surface area contributed by atoms with Crippen molar-refractivity contribution in [2.45, 2.75) is 6.32 Å². The molecule has 0 aromatic carbocycles. The van der Waals surface area contributed by atoms with E-state index < -0.39 is 0 Å². The van der Waals surface area contributed by atoms with Crippen LogP contribution < -0.4 is 0 Å². The molecular formula is C5H9B. The van der Waals surface area contributed by atoms with Gasteiger partial charge in [-0.1, -0.05) is 31.1 Å². The van der Waals surface area contributed by atoms with Crippen LogP contribution in [0.25, 0.3) is 0 Å². The maximum absolute atomic E-state index is 3.51. The molecule has 0 bridgehead atoms. The van der Waals surface area contributed by atoms with Crippen molar-refractivity contribution >= 4 is 7.85 Å². The first-order valence-electron chi connectivity index (χ1n) is 2.19. The van der Waals surface area contributed by atoms with Crippen LogP contribution in [-0.4, -0.2) is 7.85 Å². The Morgan fingerprint density at radius 2 is 2.33 bits per heavy atom. The van der Waals surface area contributed by atoms with E-state index in [0.717, 1.165) is 6.32 Å². The van der Waals surface area contributed by atoms with Gasteiger partial charge < -0.3 is 0 Å². The lowest BCUT2D eigenvalue weighted by Gasteiger charge is -1.67. The first-order chi connectivity index (χ1) is 2.91. The van der Waals surface area contributed by atoms with Crippen LogP contribution in [0, 0.1) is 0 Å². The van der Waals surface area contributed by atoms with E-state index in [1.165, 1.54) is 0 Å². The molecule has 0 aliphatic heterocycles. The van der Waals surface area contributed by atoms with Crippen molar-refractivity contribution in [1.29, 1.82) is 0 Å². The van der Waals surface area contributed by atoms with E-state index in [1.807, 2.05) is 6.08 Å². The zero-order valence-corrected chi connectivity index (χ0v) is 4.15. The van der Waals surface area contributed by atoms with Crippen LogP contribution in [0.4, 0.5) is 0 Å². The predicted molar refractivity (Wildman–Crippen MR) is 32.7 cm³/mol. The van der Waals surface area contributed by atoms with Crippen molar-refractivity contribution in [3.8, 4) is 0 Å². The van der Waals surface area contributed by atoms with Gasteiger partial charge in [0, 0.05) is 0 Å². The molecule has 0 saturated heterocycles. The summed E-state index contributed by atoms with van der Waals surface area (Å²) < 4.78 is 0. The second kappa shape index (κ2) is 4.54. The molecule has 0 fully saturated rings. The highest BCUT2D eigenvalue weighted by Gasteiger charge is 1.56. The lowest BCUT2D eigenvalue weighted by Crippen LogP contribution is -1.52. The first-order valence-corrected chi connectivity index (χ1v) is 2.19. The predicted octanol–water partition coefficient (Wildman–Crippen LogP) is 0.780. The fourth-order valence-electron chi connectivity index (χ4n) is 0.232. The molecule has 0 aliphatic carbocycles. The normalized spacial score (nSPS) is 9.33. The Balaban J connectivity index is 2.94. The molecule has 0 radical (unpaired) electrons. The van der Waals surface area contributed by atoms with Crippen molar-refractivity contribution in [2.75, 3.05) is 0 Å². The molecule has 0 heterocycles. The molecule has 0 N–H and O–H groups in total. The minimum Gasteiger partial charge on any atom is -0.0991 e. The van der Waals surface area contributed by atoms with E-state index in [1.54, 1.807) is 6.08 Å². The monoisotopic (exact) mass is 80.1 g/mol. The molecule has 0 aliphatic rings. The second-order valence-corrected chi connectivity index (χ2v) is 1.07. The Morgan fingerprint density at radius 1 is 1.67 bits per heavy atom. The third-order valence-electron chi connectivity index (χ3n) is 0.508. The Kier molecular flexibility index (Phi) is 4.20. The van der Waals surface area contributed by atoms with E-state index in [2.05, 4.69) is 20.5 Å². The average molecular weight is 79.9 g/mol. The van der Waals surface area contributed by atoms with Crippen molar-refractivity contribution in [1.82, 2.24) is 0 Å². The Morgan fingerprint density at radius 3 is 2.50 bits per heavy atom. The Hall–Kier alpha value is -0.455. The van der Waals surface area contributed by atoms with E-state index in [-0.39, 0.29) is 0 Å². The molecule has 0 atom stereocenters. The number of rotatable bonds is 2. The maximum atomic E-state index is 3.51. The van der Waals surface area contributed by atoms with Gasteiger partial charge in [-0.25, -0.2) is 0 Å². The molecule has 0 saturated carbocycles. The topological polar surface area (TPSA) is 0 Å². The van der Waals surface area contributed by atoms with Crippen LogP contribution >= 0.6 is 0 Å². The quantitative estimate of drug-likeness (QED) is 0.339. The molecule has 0 aromatic rings. The molecule has 0 amide bonds. The van der Waals surface area contributed by atoms with E-state index >= 15 is 0 Å². The summed E-state index contributed by atoms with van der Waals surface area (Å²) in [6.45, 7) is 3.51. The molecule has 6 heavy (non-hydrogen) atoms. The summed E-state index contributed by atoms with van der Waals surface area (Å²) in [6, 6.07) is 0. The van der Waals surface area contributed by atoms with Crippen LogP contribution in [0.3, 0.4) is 0 Å². The molecule has 0 unspecified atom stereocenters. The summed E-state index contributed by atoms with van der Waals surface area (Å²) in [7, 11) is 2.10. The van der Waals surface area contributed by atoms with Gasteiger partial charge in [0.25, 0.3) is 0 Å². The summed E-state index contributed by atoms with van der Waals surface area (Å²) in [5, 5.41) is 0. The average Bonchev–Trinajstić information content (AvgIpc) is 1.61. The lowest BCUT2D eigenvalue weighted by atomic mass is 10.1. The summed E-state index contributed by atoms with van der Waals surface area (Å²) in [5.74, 6) is 0. The molecule has 0 spiro atoms. The molecule has 0 rings (SSSR count). The van der Waals surface area contributed by atoms with Crippen LogP contribution in [0.5, 0.6) is 0 Å². The van der Waals surface area contributed by atoms with Crippen LogP contribution in [0.2, 0.25) is 6.32 Å². The highest BCUT2D eigenvalue weighted by atomic mass is 13.6. The van der Waals surface area contributed by atoms with Gasteiger partial charge in [0.05, 0.1) is 0 Å². The number of hydrogen-bond donors (Lipinski definition) is 0. The molecule has 1 heteroatoms. The highest BCUT2D eigenvalue weighted by Crippen LogP contribution is 1.74. The SMILES string of the molecule is BC/C=C/C=C. The second-order valence-electron chi connectivity index (χ2n) is 1.07. The number of allylic oxidation sites excluding steroid dienone is 3. The van der Waals surface area contributed by atoms with Crippen LogP contribution in [0.15, 0.2) is 24.8 Å². The lowest BCUT2D eigenvalue weighted by molar-refractivity contribution is 1.71. The van der Waals surface area contributed by atoms with Crippen molar-refractivity contribution in [2.24, 2.45) is 0 Å². The molecule has 0 nitrogen and oxygen atoms in total. The zero-order valence-electron chi connectivity index (χ0n) is 4.15. The number of hydrogen-bond acceptors (Lipinski definition) is 0. The zero-order chi connectivity index (χ0) is 4.83. The smallest absolute Gasteiger partial charge is 0.0991 e. The Bertz CT molecular complexity index is 55.0. The van der Waals surface area contributed by atoms with Gasteiger partial charge >= 0.3 is 0 Å².